The van der Waals surface area contributed by atoms with E-state index in [4.69, 9.17) is 4.74 Å². The van der Waals surface area contributed by atoms with Crippen molar-refractivity contribution >= 4 is 0 Å². The van der Waals surface area contributed by atoms with Crippen LogP contribution in [0, 0.1) is 5.41 Å². The molecule has 0 amide bonds. The Kier molecular flexibility index (Phi) is 3.64. The van der Waals surface area contributed by atoms with Crippen molar-refractivity contribution in [3.63, 3.8) is 0 Å². The van der Waals surface area contributed by atoms with Gasteiger partial charge in [-0.3, -0.25) is 0 Å². The van der Waals surface area contributed by atoms with Gasteiger partial charge in [-0.1, -0.05) is 25.1 Å². The molecule has 1 saturated heterocycles. The molecule has 1 aliphatic heterocycles. The number of aryl methyl sites for hydroxylation is 2. The molecule has 2 heteroatoms. The van der Waals surface area contributed by atoms with Crippen molar-refractivity contribution in [3.8, 4) is 0 Å². The van der Waals surface area contributed by atoms with Gasteiger partial charge in [-0.15, -0.1) is 0 Å². The smallest absolute Gasteiger partial charge is 0.0554 e. The van der Waals surface area contributed by atoms with Gasteiger partial charge in [-0.2, -0.15) is 0 Å². The van der Waals surface area contributed by atoms with Crippen LogP contribution >= 0.6 is 0 Å². The summed E-state index contributed by atoms with van der Waals surface area (Å²) in [5.74, 6) is 0. The first-order valence-corrected chi connectivity index (χ1v) is 7.59. The van der Waals surface area contributed by atoms with Crippen LogP contribution in [-0.4, -0.2) is 19.8 Å². The fourth-order valence-electron chi connectivity index (χ4n) is 3.09. The Morgan fingerprint density at radius 2 is 1.95 bits per heavy atom. The minimum Gasteiger partial charge on any atom is -0.380 e. The number of benzene rings is 1. The summed E-state index contributed by atoms with van der Waals surface area (Å²) in [6, 6.07) is 7.51. The predicted octanol–water partition coefficient (Wildman–Crippen LogP) is 3.25. The average Bonchev–Trinajstić information content (AvgIpc) is 2.42. The van der Waals surface area contributed by atoms with Crippen LogP contribution in [0.3, 0.4) is 0 Å². The zero-order valence-corrected chi connectivity index (χ0v) is 12.2. The second-order valence-corrected chi connectivity index (χ2v) is 6.64. The van der Waals surface area contributed by atoms with Crippen molar-refractivity contribution in [2.24, 2.45) is 5.41 Å². The van der Waals surface area contributed by atoms with Crippen LogP contribution in [0.2, 0.25) is 0 Å². The van der Waals surface area contributed by atoms with Gasteiger partial charge in [0.05, 0.1) is 13.2 Å². The average molecular weight is 259 g/mol. The zero-order valence-electron chi connectivity index (χ0n) is 12.2. The van der Waals surface area contributed by atoms with Crippen molar-refractivity contribution in [1.82, 2.24) is 5.32 Å². The van der Waals surface area contributed by atoms with E-state index in [0.717, 1.165) is 19.8 Å². The van der Waals surface area contributed by atoms with Crippen LogP contribution in [0.1, 0.15) is 49.4 Å². The summed E-state index contributed by atoms with van der Waals surface area (Å²) in [5.41, 5.74) is 4.93. The molecule has 1 atom stereocenters. The Balaban J connectivity index is 1.64. The van der Waals surface area contributed by atoms with E-state index >= 15 is 0 Å². The Labute approximate surface area is 116 Å². The summed E-state index contributed by atoms with van der Waals surface area (Å²) in [5, 5.41) is 3.67. The molecule has 2 nitrogen and oxygen atoms in total. The Morgan fingerprint density at radius 3 is 2.63 bits per heavy atom. The Morgan fingerprint density at radius 1 is 1.21 bits per heavy atom. The van der Waals surface area contributed by atoms with Gasteiger partial charge in [-0.25, -0.2) is 0 Å². The number of nitrogens with one attached hydrogen (secondary N) is 1. The monoisotopic (exact) mass is 259 g/mol. The fourth-order valence-corrected chi connectivity index (χ4v) is 3.09. The van der Waals surface area contributed by atoms with E-state index in [9.17, 15) is 0 Å². The lowest BCUT2D eigenvalue weighted by molar-refractivity contribution is -0.0999. The van der Waals surface area contributed by atoms with Gasteiger partial charge in [-0.05, 0) is 49.3 Å². The van der Waals surface area contributed by atoms with Gasteiger partial charge in [0.2, 0.25) is 0 Å². The van der Waals surface area contributed by atoms with Gasteiger partial charge in [0.15, 0.2) is 0 Å². The zero-order chi connectivity index (χ0) is 13.3. The summed E-state index contributed by atoms with van der Waals surface area (Å²) in [7, 11) is 0. The molecule has 0 spiro atoms. The van der Waals surface area contributed by atoms with Crippen LogP contribution in [0.15, 0.2) is 18.2 Å². The second-order valence-electron chi connectivity index (χ2n) is 6.64. The first kappa shape index (κ1) is 13.1. The van der Waals surface area contributed by atoms with Crippen molar-refractivity contribution < 1.29 is 4.74 Å². The summed E-state index contributed by atoms with van der Waals surface area (Å²) < 4.78 is 5.31. The summed E-state index contributed by atoms with van der Waals surface area (Å²) in [4.78, 5) is 0. The number of ether oxygens (including phenoxy) is 1. The molecule has 1 fully saturated rings. The highest BCUT2D eigenvalue weighted by molar-refractivity contribution is 5.35. The molecule has 1 N–H and O–H groups in total. The summed E-state index contributed by atoms with van der Waals surface area (Å²) in [6.07, 6.45) is 5.25. The third-order valence-corrected chi connectivity index (χ3v) is 4.61. The van der Waals surface area contributed by atoms with Crippen molar-refractivity contribution in [1.29, 1.82) is 0 Å². The van der Waals surface area contributed by atoms with E-state index in [-0.39, 0.29) is 0 Å². The highest BCUT2D eigenvalue weighted by Crippen LogP contribution is 2.28. The molecule has 1 aromatic rings. The normalized spacial score (nSPS) is 22.4. The molecule has 0 aromatic heterocycles. The maximum atomic E-state index is 5.31. The molecule has 0 radical (unpaired) electrons. The summed E-state index contributed by atoms with van der Waals surface area (Å²) in [6.45, 7) is 7.41. The molecule has 0 bridgehead atoms. The third-order valence-electron chi connectivity index (χ3n) is 4.61. The molecular formula is C17H25NO. The van der Waals surface area contributed by atoms with Crippen LogP contribution in [0.4, 0.5) is 0 Å². The molecule has 1 aliphatic carbocycles. The lowest BCUT2D eigenvalue weighted by Crippen LogP contribution is -2.47. The number of fused-ring (bicyclic) bond motifs is 1. The molecule has 3 rings (SSSR count). The van der Waals surface area contributed by atoms with E-state index < -0.39 is 0 Å². The molecule has 2 aliphatic rings. The SMILES string of the molecule is CC(NCC1(C)COC1)c1ccc2c(c1)CCCC2. The van der Waals surface area contributed by atoms with Crippen molar-refractivity contribution in [2.75, 3.05) is 19.8 Å². The van der Waals surface area contributed by atoms with Gasteiger partial charge in [0.25, 0.3) is 0 Å². The molecule has 104 valence electrons. The number of hydrogen-bond donors (Lipinski definition) is 1. The van der Waals surface area contributed by atoms with E-state index in [1.54, 1.807) is 11.1 Å². The highest BCUT2D eigenvalue weighted by atomic mass is 16.5. The topological polar surface area (TPSA) is 21.3 Å². The standard InChI is InChI=1S/C17H25NO/c1-13(18-10-17(2)11-19-12-17)15-8-7-14-5-3-4-6-16(14)9-15/h7-9,13,18H,3-6,10-12H2,1-2H3. The lowest BCUT2D eigenvalue weighted by Gasteiger charge is -2.39. The molecule has 1 aromatic carbocycles. The highest BCUT2D eigenvalue weighted by Gasteiger charge is 2.33. The molecule has 1 unspecified atom stereocenters. The third kappa shape index (κ3) is 2.85. The van der Waals surface area contributed by atoms with E-state index in [2.05, 4.69) is 37.4 Å². The Hall–Kier alpha value is -0.860. The molecule has 19 heavy (non-hydrogen) atoms. The van der Waals surface area contributed by atoms with Gasteiger partial charge in [0, 0.05) is 18.0 Å². The van der Waals surface area contributed by atoms with E-state index in [1.807, 2.05) is 0 Å². The lowest BCUT2D eigenvalue weighted by atomic mass is 9.87. The van der Waals surface area contributed by atoms with Gasteiger partial charge in [0.1, 0.15) is 0 Å². The number of rotatable bonds is 4. The van der Waals surface area contributed by atoms with Crippen LogP contribution < -0.4 is 5.32 Å². The maximum Gasteiger partial charge on any atom is 0.0554 e. The van der Waals surface area contributed by atoms with Crippen molar-refractivity contribution in [2.45, 2.75) is 45.6 Å². The predicted molar refractivity (Wildman–Crippen MR) is 78.4 cm³/mol. The molecular weight excluding hydrogens is 234 g/mol. The number of hydrogen-bond acceptors (Lipinski definition) is 2. The Bertz CT molecular complexity index is 451. The molecule has 1 heterocycles. The van der Waals surface area contributed by atoms with E-state index in [0.29, 0.717) is 11.5 Å². The maximum absolute atomic E-state index is 5.31. The fraction of sp³-hybridized carbons (Fsp3) is 0.647. The van der Waals surface area contributed by atoms with Crippen molar-refractivity contribution in [3.05, 3.63) is 34.9 Å². The van der Waals surface area contributed by atoms with Crippen LogP contribution in [0.5, 0.6) is 0 Å². The first-order valence-electron chi connectivity index (χ1n) is 7.59. The van der Waals surface area contributed by atoms with Gasteiger partial charge >= 0.3 is 0 Å². The minimum atomic E-state index is 0.350. The largest absolute Gasteiger partial charge is 0.380 e. The van der Waals surface area contributed by atoms with Gasteiger partial charge < -0.3 is 10.1 Å². The summed E-state index contributed by atoms with van der Waals surface area (Å²) >= 11 is 0. The van der Waals surface area contributed by atoms with E-state index in [1.165, 1.54) is 31.2 Å². The van der Waals surface area contributed by atoms with Crippen LogP contribution in [0.25, 0.3) is 0 Å². The minimum absolute atomic E-state index is 0.350. The van der Waals surface area contributed by atoms with Crippen LogP contribution in [-0.2, 0) is 17.6 Å². The molecule has 0 saturated carbocycles. The first-order chi connectivity index (χ1) is 9.16. The quantitative estimate of drug-likeness (QED) is 0.896. The second kappa shape index (κ2) is 5.26.